The third-order valence-electron chi connectivity index (χ3n) is 3.30. The Labute approximate surface area is 98.8 Å². The number of nitrogens with zero attached hydrogens (tertiary/aromatic N) is 1. The van der Waals surface area contributed by atoms with Gasteiger partial charge in [0.15, 0.2) is 0 Å². The molecule has 0 saturated carbocycles. The van der Waals surface area contributed by atoms with Gasteiger partial charge in [0.05, 0.1) is 0 Å². The van der Waals surface area contributed by atoms with E-state index in [2.05, 4.69) is 0 Å². The highest BCUT2D eigenvalue weighted by Crippen LogP contribution is 2.36. The molecule has 1 aromatic carbocycles. The normalized spacial score (nSPS) is 20.9. The first-order chi connectivity index (χ1) is 8.00. The van der Waals surface area contributed by atoms with Crippen LogP contribution in [-0.2, 0) is 4.79 Å². The number of fused-ring (bicyclic) bond motifs is 1. The zero-order valence-corrected chi connectivity index (χ0v) is 9.56. The number of nitrogens with two attached hydrogens (primary N) is 1. The predicted octanol–water partition coefficient (Wildman–Crippen LogP) is 1.16. The van der Waals surface area contributed by atoms with Crippen LogP contribution in [0.15, 0.2) is 18.2 Å². The maximum Gasteiger partial charge on any atom is 0.321 e. The van der Waals surface area contributed by atoms with Crippen LogP contribution in [-0.4, -0.2) is 30.7 Å². The Balaban J connectivity index is 2.42. The number of halogens is 1. The quantitative estimate of drug-likeness (QED) is 0.811. The summed E-state index contributed by atoms with van der Waals surface area (Å²) in [5, 5.41) is 8.97. The van der Waals surface area contributed by atoms with Crippen LogP contribution >= 0.6 is 0 Å². The summed E-state index contributed by atoms with van der Waals surface area (Å²) in [6.07, 6.45) is 0.669. The number of rotatable bonds is 2. The van der Waals surface area contributed by atoms with Gasteiger partial charge in [-0.25, -0.2) is 4.39 Å². The number of hydrogen-bond donors (Lipinski definition) is 2. The van der Waals surface area contributed by atoms with Crippen molar-refractivity contribution in [1.82, 2.24) is 0 Å². The summed E-state index contributed by atoms with van der Waals surface area (Å²) >= 11 is 0. The average molecular weight is 238 g/mol. The second-order valence-corrected chi connectivity index (χ2v) is 4.38. The van der Waals surface area contributed by atoms with Crippen LogP contribution in [0, 0.1) is 5.82 Å². The second-order valence-electron chi connectivity index (χ2n) is 4.38. The van der Waals surface area contributed by atoms with E-state index in [0.717, 1.165) is 11.3 Å². The molecule has 2 rings (SSSR count). The van der Waals surface area contributed by atoms with E-state index in [1.54, 1.807) is 6.07 Å². The minimum absolute atomic E-state index is 0.251. The van der Waals surface area contributed by atoms with Crippen molar-refractivity contribution in [3.05, 3.63) is 29.6 Å². The number of carboxylic acid groups (broad SMARTS) is 1. The summed E-state index contributed by atoms with van der Waals surface area (Å²) in [6.45, 7) is 0.683. The van der Waals surface area contributed by atoms with Crippen molar-refractivity contribution in [3.8, 4) is 0 Å². The monoisotopic (exact) mass is 238 g/mol. The van der Waals surface area contributed by atoms with E-state index in [0.29, 0.717) is 13.0 Å². The van der Waals surface area contributed by atoms with E-state index in [-0.39, 0.29) is 11.7 Å². The maximum absolute atomic E-state index is 13.2. The molecule has 5 heteroatoms. The number of carboxylic acids is 1. The third-order valence-corrected chi connectivity index (χ3v) is 3.30. The topological polar surface area (TPSA) is 66.6 Å². The van der Waals surface area contributed by atoms with Gasteiger partial charge in [-0.3, -0.25) is 4.79 Å². The van der Waals surface area contributed by atoms with Gasteiger partial charge < -0.3 is 15.7 Å². The standard InChI is InChI=1S/C12H15FN2O2/c1-15-5-4-9(11(14)12(16)17)8-3-2-7(13)6-10(8)15/h2-3,6,9,11H,4-5,14H2,1H3,(H,16,17). The first-order valence-corrected chi connectivity index (χ1v) is 5.49. The molecule has 3 N–H and O–H groups in total. The molecule has 1 aromatic rings. The molecule has 1 heterocycles. The van der Waals surface area contributed by atoms with Gasteiger partial charge in [-0.05, 0) is 24.1 Å². The number of anilines is 1. The summed E-state index contributed by atoms with van der Waals surface area (Å²) in [6, 6.07) is 3.47. The van der Waals surface area contributed by atoms with Gasteiger partial charge in [-0.15, -0.1) is 0 Å². The van der Waals surface area contributed by atoms with Gasteiger partial charge >= 0.3 is 5.97 Å². The van der Waals surface area contributed by atoms with Crippen LogP contribution in [0.25, 0.3) is 0 Å². The molecule has 92 valence electrons. The Hall–Kier alpha value is -1.62. The van der Waals surface area contributed by atoms with Crippen molar-refractivity contribution in [2.24, 2.45) is 5.73 Å². The van der Waals surface area contributed by atoms with Gasteiger partial charge in [-0.1, -0.05) is 6.07 Å². The molecule has 1 aliphatic rings. The summed E-state index contributed by atoms with van der Waals surface area (Å²) in [7, 11) is 1.86. The number of carbonyl (C=O) groups is 1. The van der Waals surface area contributed by atoms with Crippen molar-refractivity contribution < 1.29 is 14.3 Å². The second kappa shape index (κ2) is 4.33. The number of aliphatic carboxylic acids is 1. The van der Waals surface area contributed by atoms with Crippen molar-refractivity contribution in [2.75, 3.05) is 18.5 Å². The van der Waals surface area contributed by atoms with Crippen LogP contribution in [0.3, 0.4) is 0 Å². The van der Waals surface area contributed by atoms with E-state index in [4.69, 9.17) is 10.8 Å². The lowest BCUT2D eigenvalue weighted by Gasteiger charge is -2.34. The molecule has 0 aromatic heterocycles. The Morgan fingerprint density at radius 2 is 2.35 bits per heavy atom. The van der Waals surface area contributed by atoms with Gasteiger partial charge in [0.1, 0.15) is 11.9 Å². The molecule has 17 heavy (non-hydrogen) atoms. The smallest absolute Gasteiger partial charge is 0.321 e. The molecule has 0 radical (unpaired) electrons. The van der Waals surface area contributed by atoms with Gasteiger partial charge in [0.25, 0.3) is 0 Å². The summed E-state index contributed by atoms with van der Waals surface area (Å²) < 4.78 is 13.2. The van der Waals surface area contributed by atoms with Gasteiger partial charge in [-0.2, -0.15) is 0 Å². The summed E-state index contributed by atoms with van der Waals surface area (Å²) in [5.41, 5.74) is 7.23. The van der Waals surface area contributed by atoms with E-state index in [1.165, 1.54) is 12.1 Å². The Morgan fingerprint density at radius 1 is 1.65 bits per heavy atom. The van der Waals surface area contributed by atoms with E-state index >= 15 is 0 Å². The Bertz CT molecular complexity index is 450. The Kier molecular flexibility index (Phi) is 3.02. The molecule has 2 unspecified atom stereocenters. The summed E-state index contributed by atoms with van der Waals surface area (Å²) in [4.78, 5) is 12.9. The fraction of sp³-hybridized carbons (Fsp3) is 0.417. The average Bonchev–Trinajstić information content (AvgIpc) is 2.29. The van der Waals surface area contributed by atoms with Crippen molar-refractivity contribution in [1.29, 1.82) is 0 Å². The lowest BCUT2D eigenvalue weighted by atomic mass is 9.84. The fourth-order valence-corrected chi connectivity index (χ4v) is 2.31. The largest absolute Gasteiger partial charge is 0.480 e. The highest BCUT2D eigenvalue weighted by atomic mass is 19.1. The van der Waals surface area contributed by atoms with Crippen molar-refractivity contribution >= 4 is 11.7 Å². The van der Waals surface area contributed by atoms with Gasteiger partial charge in [0.2, 0.25) is 0 Å². The van der Waals surface area contributed by atoms with Crippen molar-refractivity contribution in [2.45, 2.75) is 18.4 Å². The van der Waals surface area contributed by atoms with E-state index in [1.807, 2.05) is 11.9 Å². The molecule has 0 fully saturated rings. The SMILES string of the molecule is CN1CCC(C(N)C(=O)O)c2ccc(F)cc21. The van der Waals surface area contributed by atoms with Gasteiger partial charge in [0, 0.05) is 25.2 Å². The molecule has 0 spiro atoms. The third kappa shape index (κ3) is 2.10. The zero-order chi connectivity index (χ0) is 12.6. The first kappa shape index (κ1) is 11.9. The molecule has 4 nitrogen and oxygen atoms in total. The van der Waals surface area contributed by atoms with Crippen molar-refractivity contribution in [3.63, 3.8) is 0 Å². The highest BCUT2D eigenvalue weighted by molar-refractivity contribution is 5.76. The van der Waals surface area contributed by atoms with Crippen LogP contribution in [0.1, 0.15) is 17.9 Å². The Morgan fingerprint density at radius 3 is 3.00 bits per heavy atom. The van der Waals surface area contributed by atoms with E-state index in [9.17, 15) is 9.18 Å². The highest BCUT2D eigenvalue weighted by Gasteiger charge is 2.31. The predicted molar refractivity (Wildman–Crippen MR) is 62.6 cm³/mol. The molecule has 2 atom stereocenters. The molecule has 0 saturated heterocycles. The molecule has 0 aliphatic carbocycles. The van der Waals surface area contributed by atoms with Crippen LogP contribution < -0.4 is 10.6 Å². The maximum atomic E-state index is 13.2. The van der Waals surface area contributed by atoms with E-state index < -0.39 is 12.0 Å². The molecule has 0 bridgehead atoms. The summed E-state index contributed by atoms with van der Waals surface area (Å²) in [5.74, 6) is -1.59. The number of hydrogen-bond acceptors (Lipinski definition) is 3. The fourth-order valence-electron chi connectivity index (χ4n) is 2.31. The van der Waals surface area contributed by atoms with Crippen LogP contribution in [0.5, 0.6) is 0 Å². The molecular weight excluding hydrogens is 223 g/mol. The number of benzene rings is 1. The van der Waals surface area contributed by atoms with Crippen LogP contribution in [0.2, 0.25) is 0 Å². The minimum atomic E-state index is -1.02. The molecule has 0 amide bonds. The van der Waals surface area contributed by atoms with Crippen LogP contribution in [0.4, 0.5) is 10.1 Å². The first-order valence-electron chi connectivity index (χ1n) is 5.49. The minimum Gasteiger partial charge on any atom is -0.480 e. The lowest BCUT2D eigenvalue weighted by Crippen LogP contribution is -2.41. The lowest BCUT2D eigenvalue weighted by molar-refractivity contribution is -0.139. The molecule has 1 aliphatic heterocycles. The molecular formula is C12H15FN2O2. The zero-order valence-electron chi connectivity index (χ0n) is 9.56.